The number of aryl methyl sites for hydroxylation is 1. The van der Waals surface area contributed by atoms with Gasteiger partial charge in [-0.3, -0.25) is 0 Å². The molecule has 0 spiro atoms. The molecule has 2 unspecified atom stereocenters. The van der Waals surface area contributed by atoms with Crippen LogP contribution in [-0.4, -0.2) is 33.4 Å². The standard InChI is InChI=1S/C16H25NO3/c1-10-7-11(18-5)15(12(8-10)19-6)20-14-9-13(17-4)16(14,2)3/h7-8,13-14,17H,9H2,1-6H3. The number of hydrogen-bond donors (Lipinski definition) is 1. The van der Waals surface area contributed by atoms with Gasteiger partial charge in [0.15, 0.2) is 11.5 Å². The second kappa shape index (κ2) is 5.52. The molecular weight excluding hydrogens is 254 g/mol. The highest BCUT2D eigenvalue weighted by atomic mass is 16.5. The fourth-order valence-corrected chi connectivity index (χ4v) is 2.84. The van der Waals surface area contributed by atoms with E-state index >= 15 is 0 Å². The zero-order chi connectivity index (χ0) is 14.9. The fraction of sp³-hybridized carbons (Fsp3) is 0.625. The Morgan fingerprint density at radius 3 is 2.10 bits per heavy atom. The van der Waals surface area contributed by atoms with Gasteiger partial charge < -0.3 is 19.5 Å². The topological polar surface area (TPSA) is 39.7 Å². The number of hydrogen-bond acceptors (Lipinski definition) is 4. The predicted octanol–water partition coefficient (Wildman–Crippen LogP) is 2.78. The first-order valence-electron chi connectivity index (χ1n) is 7.00. The smallest absolute Gasteiger partial charge is 0.203 e. The van der Waals surface area contributed by atoms with Gasteiger partial charge in [-0.05, 0) is 31.7 Å². The van der Waals surface area contributed by atoms with E-state index in [0.717, 1.165) is 23.5 Å². The molecule has 1 aliphatic carbocycles. The monoisotopic (exact) mass is 279 g/mol. The molecule has 0 aliphatic heterocycles. The molecule has 2 rings (SSSR count). The van der Waals surface area contributed by atoms with E-state index in [0.29, 0.717) is 11.8 Å². The van der Waals surface area contributed by atoms with Crippen molar-refractivity contribution in [1.82, 2.24) is 5.32 Å². The minimum atomic E-state index is 0.0929. The maximum Gasteiger partial charge on any atom is 0.203 e. The van der Waals surface area contributed by atoms with Crippen molar-refractivity contribution >= 4 is 0 Å². The highest BCUT2D eigenvalue weighted by Gasteiger charge is 2.49. The van der Waals surface area contributed by atoms with E-state index in [1.165, 1.54) is 0 Å². The molecule has 0 radical (unpaired) electrons. The van der Waals surface area contributed by atoms with Crippen LogP contribution >= 0.6 is 0 Å². The van der Waals surface area contributed by atoms with Crippen molar-refractivity contribution < 1.29 is 14.2 Å². The second-order valence-corrected chi connectivity index (χ2v) is 6.00. The van der Waals surface area contributed by atoms with Gasteiger partial charge in [0.05, 0.1) is 14.2 Å². The van der Waals surface area contributed by atoms with E-state index in [9.17, 15) is 0 Å². The van der Waals surface area contributed by atoms with Crippen LogP contribution in [0, 0.1) is 12.3 Å². The highest BCUT2D eigenvalue weighted by molar-refractivity contribution is 5.53. The molecule has 0 saturated heterocycles. The van der Waals surface area contributed by atoms with Crippen molar-refractivity contribution in [2.75, 3.05) is 21.3 Å². The Morgan fingerprint density at radius 1 is 1.15 bits per heavy atom. The molecule has 0 heterocycles. The number of rotatable bonds is 5. The van der Waals surface area contributed by atoms with E-state index < -0.39 is 0 Å². The van der Waals surface area contributed by atoms with Gasteiger partial charge in [-0.25, -0.2) is 0 Å². The number of ether oxygens (including phenoxy) is 3. The van der Waals surface area contributed by atoms with Crippen LogP contribution in [0.25, 0.3) is 0 Å². The fourth-order valence-electron chi connectivity index (χ4n) is 2.84. The molecule has 0 bridgehead atoms. The minimum absolute atomic E-state index is 0.0929. The van der Waals surface area contributed by atoms with E-state index in [4.69, 9.17) is 14.2 Å². The van der Waals surface area contributed by atoms with Crippen LogP contribution in [0.1, 0.15) is 25.8 Å². The maximum absolute atomic E-state index is 6.21. The van der Waals surface area contributed by atoms with Crippen LogP contribution in [0.15, 0.2) is 12.1 Å². The van der Waals surface area contributed by atoms with E-state index in [1.807, 2.05) is 26.1 Å². The molecule has 1 saturated carbocycles. The van der Waals surface area contributed by atoms with E-state index in [2.05, 4.69) is 19.2 Å². The van der Waals surface area contributed by atoms with Gasteiger partial charge in [0.1, 0.15) is 6.10 Å². The van der Waals surface area contributed by atoms with Gasteiger partial charge >= 0.3 is 0 Å². The zero-order valence-electron chi connectivity index (χ0n) is 13.2. The van der Waals surface area contributed by atoms with Crippen molar-refractivity contribution in [3.8, 4) is 17.2 Å². The molecule has 0 amide bonds. The molecule has 1 N–H and O–H groups in total. The lowest BCUT2D eigenvalue weighted by Gasteiger charge is -2.51. The lowest BCUT2D eigenvalue weighted by atomic mass is 9.64. The summed E-state index contributed by atoms with van der Waals surface area (Å²) in [6.07, 6.45) is 1.15. The first-order chi connectivity index (χ1) is 9.43. The van der Waals surface area contributed by atoms with Crippen LogP contribution in [-0.2, 0) is 0 Å². The first kappa shape index (κ1) is 15.0. The average molecular weight is 279 g/mol. The Bertz CT molecular complexity index is 460. The molecular formula is C16H25NO3. The molecule has 20 heavy (non-hydrogen) atoms. The third-order valence-electron chi connectivity index (χ3n) is 4.39. The van der Waals surface area contributed by atoms with Gasteiger partial charge in [-0.1, -0.05) is 13.8 Å². The van der Waals surface area contributed by atoms with Gasteiger partial charge in [-0.15, -0.1) is 0 Å². The highest BCUT2D eigenvalue weighted by Crippen LogP contribution is 2.47. The molecule has 112 valence electrons. The molecule has 4 heteroatoms. The van der Waals surface area contributed by atoms with Crippen molar-refractivity contribution in [2.45, 2.75) is 39.3 Å². The Labute approximate surface area is 121 Å². The van der Waals surface area contributed by atoms with Gasteiger partial charge in [0.25, 0.3) is 0 Å². The average Bonchev–Trinajstić information content (AvgIpc) is 2.43. The molecule has 1 aliphatic rings. The van der Waals surface area contributed by atoms with Gasteiger partial charge in [0, 0.05) is 17.9 Å². The summed E-state index contributed by atoms with van der Waals surface area (Å²) in [5.41, 5.74) is 1.18. The van der Waals surface area contributed by atoms with Gasteiger partial charge in [-0.2, -0.15) is 0 Å². The number of methoxy groups -OCH3 is 2. The first-order valence-corrected chi connectivity index (χ1v) is 7.00. The Morgan fingerprint density at radius 2 is 1.70 bits per heavy atom. The second-order valence-electron chi connectivity index (χ2n) is 6.00. The van der Waals surface area contributed by atoms with Gasteiger partial charge in [0.2, 0.25) is 5.75 Å². The van der Waals surface area contributed by atoms with E-state index in [1.54, 1.807) is 14.2 Å². The summed E-state index contributed by atoms with van der Waals surface area (Å²) >= 11 is 0. The number of nitrogens with one attached hydrogen (secondary N) is 1. The quantitative estimate of drug-likeness (QED) is 0.899. The Balaban J connectivity index is 2.26. The minimum Gasteiger partial charge on any atom is -0.493 e. The van der Waals surface area contributed by atoms with Crippen molar-refractivity contribution in [2.24, 2.45) is 5.41 Å². The van der Waals surface area contributed by atoms with E-state index in [-0.39, 0.29) is 11.5 Å². The summed E-state index contributed by atoms with van der Waals surface area (Å²) in [7, 11) is 5.31. The van der Waals surface area contributed by atoms with Crippen LogP contribution in [0.2, 0.25) is 0 Å². The van der Waals surface area contributed by atoms with Crippen LogP contribution in [0.4, 0.5) is 0 Å². The normalized spacial score (nSPS) is 23.9. The third kappa shape index (κ3) is 2.44. The summed E-state index contributed by atoms with van der Waals surface area (Å²) in [6.45, 7) is 6.45. The van der Waals surface area contributed by atoms with Crippen molar-refractivity contribution in [3.05, 3.63) is 17.7 Å². The molecule has 4 nitrogen and oxygen atoms in total. The Hall–Kier alpha value is -1.42. The van der Waals surface area contributed by atoms with Crippen LogP contribution in [0.5, 0.6) is 17.2 Å². The lowest BCUT2D eigenvalue weighted by molar-refractivity contribution is -0.0541. The SMILES string of the molecule is CNC1CC(Oc2c(OC)cc(C)cc2OC)C1(C)C. The summed E-state index contributed by atoms with van der Waals surface area (Å²) in [6, 6.07) is 4.42. The maximum atomic E-state index is 6.21. The Kier molecular flexibility index (Phi) is 4.14. The molecule has 1 fully saturated rings. The van der Waals surface area contributed by atoms with Crippen LogP contribution < -0.4 is 19.5 Å². The predicted molar refractivity (Wildman–Crippen MR) is 79.9 cm³/mol. The van der Waals surface area contributed by atoms with Crippen LogP contribution in [0.3, 0.4) is 0 Å². The molecule has 0 aromatic heterocycles. The molecule has 2 atom stereocenters. The summed E-state index contributed by atoms with van der Waals surface area (Å²) in [5.74, 6) is 2.16. The summed E-state index contributed by atoms with van der Waals surface area (Å²) in [4.78, 5) is 0. The third-order valence-corrected chi connectivity index (χ3v) is 4.39. The number of benzene rings is 1. The molecule has 1 aromatic rings. The lowest BCUT2D eigenvalue weighted by Crippen LogP contribution is -2.61. The zero-order valence-corrected chi connectivity index (χ0v) is 13.2. The summed E-state index contributed by atoms with van der Waals surface area (Å²) in [5, 5.41) is 3.33. The summed E-state index contributed by atoms with van der Waals surface area (Å²) < 4.78 is 17.1. The van der Waals surface area contributed by atoms with Crippen molar-refractivity contribution in [1.29, 1.82) is 0 Å². The molecule has 1 aromatic carbocycles. The van der Waals surface area contributed by atoms with Crippen molar-refractivity contribution in [3.63, 3.8) is 0 Å². The largest absolute Gasteiger partial charge is 0.493 e.